The Bertz CT molecular complexity index is 1000. The summed E-state index contributed by atoms with van der Waals surface area (Å²) in [5.41, 5.74) is 0. The summed E-state index contributed by atoms with van der Waals surface area (Å²) in [6.07, 6.45) is 16.0. The van der Waals surface area contributed by atoms with E-state index in [1.54, 1.807) is 0 Å². The summed E-state index contributed by atoms with van der Waals surface area (Å²) in [6.45, 7) is 3.15. The van der Waals surface area contributed by atoms with Gasteiger partial charge < -0.3 is 40.3 Å². The minimum absolute atomic E-state index is 0.253. The SMILES string of the molecule is CCCCCCCC/C=C\CCCCCCCCC(O)C(=O)NC(COC1OC(CO)C(O)C(OS(=O)(=O)O)C1O)C(O)CCCCCCCC. The molecule has 1 saturated heterocycles. The Hall–Kier alpha value is -1.20. The molecule has 8 unspecified atom stereocenters. The first kappa shape index (κ1) is 47.8. The van der Waals surface area contributed by atoms with Gasteiger partial charge in [-0.05, 0) is 38.5 Å². The Labute approximate surface area is 307 Å². The quantitative estimate of drug-likeness (QED) is 0.0274. The Balaban J connectivity index is 2.55. The van der Waals surface area contributed by atoms with Gasteiger partial charge in [0.25, 0.3) is 0 Å². The van der Waals surface area contributed by atoms with Crippen LogP contribution in [0.15, 0.2) is 12.2 Å². The summed E-state index contributed by atoms with van der Waals surface area (Å²) in [5, 5.41) is 54.8. The Morgan fingerprint density at radius 2 is 1.25 bits per heavy atom. The van der Waals surface area contributed by atoms with Gasteiger partial charge in [0.05, 0.1) is 25.4 Å². The normalized spacial score (nSPS) is 23.0. The second kappa shape index (κ2) is 29.2. The van der Waals surface area contributed by atoms with Crippen molar-refractivity contribution in [1.82, 2.24) is 5.32 Å². The molecule has 1 heterocycles. The van der Waals surface area contributed by atoms with Crippen molar-refractivity contribution in [3.05, 3.63) is 12.2 Å². The van der Waals surface area contributed by atoms with Crippen LogP contribution in [0.3, 0.4) is 0 Å². The molecule has 0 aromatic carbocycles. The van der Waals surface area contributed by atoms with E-state index in [2.05, 4.69) is 35.5 Å². The maximum Gasteiger partial charge on any atom is 0.397 e. The van der Waals surface area contributed by atoms with Gasteiger partial charge in [0.15, 0.2) is 6.29 Å². The predicted octanol–water partition coefficient (Wildman–Crippen LogP) is 5.01. The van der Waals surface area contributed by atoms with Crippen molar-refractivity contribution < 1.29 is 57.0 Å². The molecule has 0 aromatic heterocycles. The van der Waals surface area contributed by atoms with Crippen LogP contribution in [-0.2, 0) is 28.9 Å². The zero-order valence-corrected chi connectivity index (χ0v) is 32.1. The molecule has 51 heavy (non-hydrogen) atoms. The van der Waals surface area contributed by atoms with Gasteiger partial charge in [-0.2, -0.15) is 8.42 Å². The molecule has 14 heteroatoms. The lowest BCUT2D eigenvalue weighted by Crippen LogP contribution is -2.61. The van der Waals surface area contributed by atoms with E-state index in [0.717, 1.165) is 77.0 Å². The standard InChI is InChI=1S/C37H71NO12S/c1-3-5-7-9-11-12-13-14-15-16-17-18-19-20-22-24-26-31(41)36(44)38-29(30(40)25-23-21-10-8-6-4-2)28-48-37-34(43)35(50-51(45,46)47)33(42)32(27-39)49-37/h14-15,29-35,37,39-43H,3-13,16-28H2,1-2H3,(H,38,44)(H,45,46,47)/b15-14-. The number of unbranched alkanes of at least 4 members (excludes halogenated alkanes) is 17. The minimum atomic E-state index is -5.10. The number of hydrogen-bond acceptors (Lipinski definition) is 11. The Morgan fingerprint density at radius 3 is 1.76 bits per heavy atom. The maximum absolute atomic E-state index is 13.0. The van der Waals surface area contributed by atoms with Crippen molar-refractivity contribution in [2.24, 2.45) is 0 Å². The van der Waals surface area contributed by atoms with Gasteiger partial charge in [-0.15, -0.1) is 0 Å². The van der Waals surface area contributed by atoms with Crippen LogP contribution in [0.25, 0.3) is 0 Å². The molecule has 1 aliphatic rings. The van der Waals surface area contributed by atoms with Crippen molar-refractivity contribution in [2.45, 2.75) is 204 Å². The fraction of sp³-hybridized carbons (Fsp3) is 0.919. The van der Waals surface area contributed by atoms with Gasteiger partial charge in [-0.25, -0.2) is 4.18 Å². The zero-order chi connectivity index (χ0) is 37.9. The zero-order valence-electron chi connectivity index (χ0n) is 31.3. The molecule has 1 rings (SSSR count). The molecule has 0 spiro atoms. The number of aliphatic hydroxyl groups excluding tert-OH is 5. The molecule has 8 atom stereocenters. The van der Waals surface area contributed by atoms with Crippen molar-refractivity contribution in [3.63, 3.8) is 0 Å². The third kappa shape index (κ3) is 22.6. The average molecular weight is 754 g/mol. The molecule has 1 amide bonds. The van der Waals surface area contributed by atoms with Crippen LogP contribution in [0.4, 0.5) is 0 Å². The monoisotopic (exact) mass is 753 g/mol. The van der Waals surface area contributed by atoms with Crippen molar-refractivity contribution in [2.75, 3.05) is 13.2 Å². The van der Waals surface area contributed by atoms with Crippen molar-refractivity contribution in [3.8, 4) is 0 Å². The lowest BCUT2D eigenvalue weighted by Gasteiger charge is -2.41. The number of amides is 1. The Kier molecular flexibility index (Phi) is 27.4. The molecular weight excluding hydrogens is 682 g/mol. The number of ether oxygens (including phenoxy) is 2. The first-order valence-corrected chi connectivity index (χ1v) is 21.0. The number of hydrogen-bond donors (Lipinski definition) is 7. The van der Waals surface area contributed by atoms with E-state index >= 15 is 0 Å². The molecule has 13 nitrogen and oxygen atoms in total. The van der Waals surface area contributed by atoms with Gasteiger partial charge in [-0.3, -0.25) is 9.35 Å². The topological polar surface area (TPSA) is 212 Å². The van der Waals surface area contributed by atoms with E-state index in [0.29, 0.717) is 19.3 Å². The smallest absolute Gasteiger partial charge is 0.394 e. The lowest BCUT2D eigenvalue weighted by atomic mass is 9.99. The maximum atomic E-state index is 13.0. The third-order valence-electron chi connectivity index (χ3n) is 9.43. The highest BCUT2D eigenvalue weighted by Crippen LogP contribution is 2.26. The molecule has 1 aliphatic heterocycles. The predicted molar refractivity (Wildman–Crippen MR) is 196 cm³/mol. The highest BCUT2D eigenvalue weighted by molar-refractivity contribution is 7.80. The van der Waals surface area contributed by atoms with Crippen molar-refractivity contribution in [1.29, 1.82) is 0 Å². The van der Waals surface area contributed by atoms with E-state index in [-0.39, 0.29) is 6.42 Å². The fourth-order valence-electron chi connectivity index (χ4n) is 6.22. The number of aliphatic hydroxyl groups is 5. The second-order valence-electron chi connectivity index (χ2n) is 14.0. The largest absolute Gasteiger partial charge is 0.397 e. The number of nitrogens with one attached hydrogen (secondary N) is 1. The van der Waals surface area contributed by atoms with E-state index in [9.17, 15) is 38.7 Å². The lowest BCUT2D eigenvalue weighted by molar-refractivity contribution is -0.298. The number of rotatable bonds is 32. The first-order valence-electron chi connectivity index (χ1n) is 19.7. The van der Waals surface area contributed by atoms with E-state index in [4.69, 9.17) is 14.0 Å². The molecule has 7 N–H and O–H groups in total. The molecule has 1 fully saturated rings. The summed E-state index contributed by atoms with van der Waals surface area (Å²) in [7, 11) is -5.10. The summed E-state index contributed by atoms with van der Waals surface area (Å²) in [4.78, 5) is 13.0. The summed E-state index contributed by atoms with van der Waals surface area (Å²) in [5.74, 6) is -0.681. The summed E-state index contributed by atoms with van der Waals surface area (Å²) < 4.78 is 47.2. The van der Waals surface area contributed by atoms with Crippen LogP contribution in [0.5, 0.6) is 0 Å². The summed E-state index contributed by atoms with van der Waals surface area (Å²) in [6, 6.07) is -1.03. The highest BCUT2D eigenvalue weighted by Gasteiger charge is 2.48. The molecule has 0 aromatic rings. The minimum Gasteiger partial charge on any atom is -0.394 e. The van der Waals surface area contributed by atoms with Gasteiger partial charge in [0.1, 0.15) is 30.5 Å². The second-order valence-corrected chi connectivity index (χ2v) is 15.1. The Morgan fingerprint density at radius 1 is 0.765 bits per heavy atom. The average Bonchev–Trinajstić information content (AvgIpc) is 3.09. The van der Waals surface area contributed by atoms with Gasteiger partial charge in [-0.1, -0.05) is 129 Å². The first-order chi connectivity index (χ1) is 24.4. The van der Waals surface area contributed by atoms with Crippen LogP contribution >= 0.6 is 0 Å². The van der Waals surface area contributed by atoms with Gasteiger partial charge in [0, 0.05) is 0 Å². The molecule has 0 radical (unpaired) electrons. The van der Waals surface area contributed by atoms with Crippen LogP contribution < -0.4 is 5.32 Å². The number of carbonyl (C=O) groups excluding carboxylic acids is 1. The van der Waals surface area contributed by atoms with E-state index < -0.39 is 78.5 Å². The van der Waals surface area contributed by atoms with Gasteiger partial charge >= 0.3 is 10.4 Å². The number of carbonyl (C=O) groups is 1. The van der Waals surface area contributed by atoms with Gasteiger partial charge in [0.2, 0.25) is 5.91 Å². The highest BCUT2D eigenvalue weighted by atomic mass is 32.3. The van der Waals surface area contributed by atoms with Crippen LogP contribution in [0.2, 0.25) is 0 Å². The third-order valence-corrected chi connectivity index (χ3v) is 9.90. The molecule has 0 bridgehead atoms. The molecule has 0 saturated carbocycles. The molecular formula is C37H71NO12S. The van der Waals surface area contributed by atoms with Crippen molar-refractivity contribution >= 4 is 16.3 Å². The summed E-state index contributed by atoms with van der Waals surface area (Å²) >= 11 is 0. The van der Waals surface area contributed by atoms with E-state index in [1.165, 1.54) is 38.5 Å². The van der Waals surface area contributed by atoms with Crippen LogP contribution in [0, 0.1) is 0 Å². The van der Waals surface area contributed by atoms with E-state index in [1.807, 2.05) is 0 Å². The fourth-order valence-corrected chi connectivity index (χ4v) is 6.73. The van der Waals surface area contributed by atoms with Crippen LogP contribution in [0.1, 0.15) is 155 Å². The van der Waals surface area contributed by atoms with Crippen LogP contribution in [-0.4, -0.2) is 107 Å². The molecule has 302 valence electrons. The molecule has 0 aliphatic carbocycles. The number of allylic oxidation sites excluding steroid dienone is 2.